The number of nitrogens with one attached hydrogen (secondary N) is 1. The maximum atomic E-state index is 5.42. The van der Waals surface area contributed by atoms with Gasteiger partial charge in [0.2, 0.25) is 0 Å². The predicted octanol–water partition coefficient (Wildman–Crippen LogP) is 4.64. The van der Waals surface area contributed by atoms with Crippen LogP contribution in [0, 0.1) is 0 Å². The molecular formula is C16H18BrNO. The molecule has 0 saturated heterocycles. The van der Waals surface area contributed by atoms with E-state index >= 15 is 0 Å². The lowest BCUT2D eigenvalue weighted by molar-refractivity contribution is 0.258. The Morgan fingerprint density at radius 3 is 2.58 bits per heavy atom. The Hall–Kier alpha value is -1.06. The van der Waals surface area contributed by atoms with Crippen LogP contribution in [-0.2, 0) is 0 Å². The Morgan fingerprint density at radius 1 is 1.21 bits per heavy atom. The van der Waals surface area contributed by atoms with Gasteiger partial charge in [0.15, 0.2) is 0 Å². The quantitative estimate of drug-likeness (QED) is 0.888. The van der Waals surface area contributed by atoms with Crippen LogP contribution in [-0.4, -0.2) is 6.04 Å². The van der Waals surface area contributed by atoms with E-state index in [0.717, 1.165) is 10.2 Å². The topological polar surface area (TPSA) is 25.2 Å². The van der Waals surface area contributed by atoms with Gasteiger partial charge in [-0.15, -0.1) is 0 Å². The third-order valence-corrected chi connectivity index (χ3v) is 4.46. The molecule has 1 aromatic heterocycles. The molecule has 1 heterocycles. The molecule has 0 aliphatic heterocycles. The van der Waals surface area contributed by atoms with Crippen molar-refractivity contribution in [1.29, 1.82) is 0 Å². The van der Waals surface area contributed by atoms with Gasteiger partial charge in [0.05, 0.1) is 12.3 Å². The highest BCUT2D eigenvalue weighted by Crippen LogP contribution is 2.38. The standard InChI is InChI=1S/C16H18BrNO/c1-11(16-3-2-8-19-16)18-15-9-13(10-15)12-4-6-14(17)7-5-12/h2-8,11,13,15,18H,9-10H2,1H3/t11-,13?,15?/m1/s1. The van der Waals surface area contributed by atoms with Crippen molar-refractivity contribution in [2.45, 2.75) is 37.8 Å². The minimum Gasteiger partial charge on any atom is -0.468 e. The van der Waals surface area contributed by atoms with E-state index in [9.17, 15) is 0 Å². The van der Waals surface area contributed by atoms with Gasteiger partial charge in [-0.05, 0) is 55.5 Å². The fourth-order valence-electron chi connectivity index (χ4n) is 2.73. The van der Waals surface area contributed by atoms with E-state index in [0.29, 0.717) is 18.0 Å². The highest BCUT2D eigenvalue weighted by Gasteiger charge is 2.31. The molecule has 1 aromatic carbocycles. The monoisotopic (exact) mass is 319 g/mol. The Balaban J connectivity index is 1.51. The van der Waals surface area contributed by atoms with Gasteiger partial charge >= 0.3 is 0 Å². The summed E-state index contributed by atoms with van der Waals surface area (Å²) < 4.78 is 6.57. The van der Waals surface area contributed by atoms with Crippen LogP contribution in [0.4, 0.5) is 0 Å². The lowest BCUT2D eigenvalue weighted by Crippen LogP contribution is -2.41. The molecule has 0 unspecified atom stereocenters. The van der Waals surface area contributed by atoms with Crippen molar-refractivity contribution in [3.05, 3.63) is 58.5 Å². The number of benzene rings is 1. The normalized spacial score (nSPS) is 23.9. The fraction of sp³-hybridized carbons (Fsp3) is 0.375. The van der Waals surface area contributed by atoms with Crippen molar-refractivity contribution in [2.75, 3.05) is 0 Å². The summed E-state index contributed by atoms with van der Waals surface area (Å²) in [4.78, 5) is 0. The van der Waals surface area contributed by atoms with Crippen LogP contribution in [0.25, 0.3) is 0 Å². The number of hydrogen-bond acceptors (Lipinski definition) is 2. The molecule has 19 heavy (non-hydrogen) atoms. The van der Waals surface area contributed by atoms with E-state index < -0.39 is 0 Å². The lowest BCUT2D eigenvalue weighted by Gasteiger charge is -2.37. The van der Waals surface area contributed by atoms with Gasteiger partial charge in [-0.2, -0.15) is 0 Å². The van der Waals surface area contributed by atoms with Gasteiger partial charge in [-0.25, -0.2) is 0 Å². The van der Waals surface area contributed by atoms with Crippen LogP contribution in [0.1, 0.15) is 43.0 Å². The fourth-order valence-corrected chi connectivity index (χ4v) is 3.00. The van der Waals surface area contributed by atoms with Gasteiger partial charge in [0, 0.05) is 10.5 Å². The molecule has 0 amide bonds. The number of halogens is 1. The van der Waals surface area contributed by atoms with Crippen LogP contribution in [0.2, 0.25) is 0 Å². The van der Waals surface area contributed by atoms with Crippen molar-refractivity contribution in [1.82, 2.24) is 5.32 Å². The molecule has 0 bridgehead atoms. The second-order valence-corrected chi connectivity index (χ2v) is 6.24. The summed E-state index contributed by atoms with van der Waals surface area (Å²) in [6, 6.07) is 13.6. The van der Waals surface area contributed by atoms with Crippen LogP contribution in [0.15, 0.2) is 51.6 Å². The zero-order valence-corrected chi connectivity index (χ0v) is 12.6. The minimum atomic E-state index is 0.297. The van der Waals surface area contributed by atoms with Gasteiger partial charge in [-0.3, -0.25) is 0 Å². The third kappa shape index (κ3) is 2.93. The Bertz CT molecular complexity index is 514. The van der Waals surface area contributed by atoms with Crippen molar-refractivity contribution in [3.63, 3.8) is 0 Å². The van der Waals surface area contributed by atoms with Gasteiger partial charge in [0.25, 0.3) is 0 Å². The Kier molecular flexibility index (Phi) is 3.76. The number of rotatable bonds is 4. The second kappa shape index (κ2) is 5.51. The first-order chi connectivity index (χ1) is 9.22. The second-order valence-electron chi connectivity index (χ2n) is 5.32. The van der Waals surface area contributed by atoms with Gasteiger partial charge < -0.3 is 9.73 Å². The summed E-state index contributed by atoms with van der Waals surface area (Å²) in [7, 11) is 0. The first-order valence-electron chi connectivity index (χ1n) is 6.77. The predicted molar refractivity (Wildman–Crippen MR) is 80.2 cm³/mol. The zero-order chi connectivity index (χ0) is 13.2. The number of furan rings is 1. The maximum Gasteiger partial charge on any atom is 0.120 e. The average Bonchev–Trinajstić information content (AvgIpc) is 2.88. The summed E-state index contributed by atoms with van der Waals surface area (Å²) in [5.74, 6) is 1.72. The van der Waals surface area contributed by atoms with Crippen molar-refractivity contribution in [3.8, 4) is 0 Å². The molecule has 1 aliphatic rings. The molecule has 2 nitrogen and oxygen atoms in total. The highest BCUT2D eigenvalue weighted by atomic mass is 79.9. The molecule has 2 aromatic rings. The van der Waals surface area contributed by atoms with E-state index in [1.54, 1.807) is 6.26 Å². The molecule has 0 spiro atoms. The SMILES string of the molecule is C[C@@H](NC1CC(c2ccc(Br)cc2)C1)c1ccco1. The maximum absolute atomic E-state index is 5.42. The highest BCUT2D eigenvalue weighted by molar-refractivity contribution is 9.10. The molecule has 3 rings (SSSR count). The number of hydrogen-bond donors (Lipinski definition) is 1. The van der Waals surface area contributed by atoms with Crippen LogP contribution < -0.4 is 5.32 Å². The third-order valence-electron chi connectivity index (χ3n) is 3.94. The minimum absolute atomic E-state index is 0.297. The molecule has 1 saturated carbocycles. The molecule has 1 aliphatic carbocycles. The smallest absolute Gasteiger partial charge is 0.120 e. The van der Waals surface area contributed by atoms with Crippen LogP contribution >= 0.6 is 15.9 Å². The van der Waals surface area contributed by atoms with Crippen molar-refractivity contribution >= 4 is 15.9 Å². The zero-order valence-electron chi connectivity index (χ0n) is 11.0. The van der Waals surface area contributed by atoms with E-state index in [4.69, 9.17) is 4.42 Å². The molecule has 3 heteroatoms. The lowest BCUT2D eigenvalue weighted by atomic mass is 9.75. The molecule has 1 atom stereocenters. The summed E-state index contributed by atoms with van der Waals surface area (Å²) >= 11 is 3.48. The Morgan fingerprint density at radius 2 is 1.95 bits per heavy atom. The Labute approximate surface area is 122 Å². The summed E-state index contributed by atoms with van der Waals surface area (Å²) in [5, 5.41) is 3.63. The van der Waals surface area contributed by atoms with E-state index in [1.807, 2.05) is 12.1 Å². The molecule has 0 radical (unpaired) electrons. The van der Waals surface area contributed by atoms with E-state index in [2.05, 4.69) is 52.4 Å². The van der Waals surface area contributed by atoms with Crippen LogP contribution in [0.5, 0.6) is 0 Å². The van der Waals surface area contributed by atoms with Crippen molar-refractivity contribution in [2.24, 2.45) is 0 Å². The summed E-state index contributed by atoms with van der Waals surface area (Å²) in [6.45, 7) is 2.16. The average molecular weight is 320 g/mol. The molecule has 100 valence electrons. The van der Waals surface area contributed by atoms with Crippen LogP contribution in [0.3, 0.4) is 0 Å². The first-order valence-corrected chi connectivity index (χ1v) is 7.56. The first kappa shape index (κ1) is 12.9. The van der Waals surface area contributed by atoms with Gasteiger partial charge in [-0.1, -0.05) is 28.1 Å². The largest absolute Gasteiger partial charge is 0.468 e. The summed E-state index contributed by atoms with van der Waals surface area (Å²) in [5.41, 5.74) is 1.45. The molecule has 1 fully saturated rings. The summed E-state index contributed by atoms with van der Waals surface area (Å²) in [6.07, 6.45) is 4.16. The van der Waals surface area contributed by atoms with Gasteiger partial charge in [0.1, 0.15) is 5.76 Å². The van der Waals surface area contributed by atoms with Crippen molar-refractivity contribution < 1.29 is 4.42 Å². The van der Waals surface area contributed by atoms with E-state index in [-0.39, 0.29) is 0 Å². The van der Waals surface area contributed by atoms with E-state index in [1.165, 1.54) is 18.4 Å². The molecule has 1 N–H and O–H groups in total. The molecular weight excluding hydrogens is 302 g/mol.